The number of carboxylic acid groups (broad SMARTS) is 1. The molecule has 20 heavy (non-hydrogen) atoms. The second-order valence-corrected chi connectivity index (χ2v) is 5.35. The highest BCUT2D eigenvalue weighted by atomic mass is 79.9. The fourth-order valence-electron chi connectivity index (χ4n) is 2.28. The predicted molar refractivity (Wildman–Crippen MR) is 79.4 cm³/mol. The average molecular weight is 339 g/mol. The van der Waals surface area contributed by atoms with Crippen LogP contribution >= 0.6 is 15.9 Å². The van der Waals surface area contributed by atoms with Crippen LogP contribution in [0.2, 0.25) is 0 Å². The lowest BCUT2D eigenvalue weighted by Gasteiger charge is -2.18. The second-order valence-electron chi connectivity index (χ2n) is 4.56. The minimum atomic E-state index is -1.02. The molecule has 5 nitrogen and oxygen atoms in total. The van der Waals surface area contributed by atoms with Crippen molar-refractivity contribution in [3.8, 4) is 17.0 Å². The number of methoxy groups -OCH3 is 1. The number of carboxylic acids is 1. The van der Waals surface area contributed by atoms with Crippen molar-refractivity contribution in [3.05, 3.63) is 32.9 Å². The van der Waals surface area contributed by atoms with Crippen molar-refractivity contribution in [2.45, 2.75) is 20.8 Å². The van der Waals surface area contributed by atoms with Gasteiger partial charge >= 0.3 is 5.97 Å². The quantitative estimate of drug-likeness (QED) is 0.898. The van der Waals surface area contributed by atoms with Crippen LogP contribution < -0.4 is 4.74 Å². The molecule has 2 N–H and O–H groups in total. The van der Waals surface area contributed by atoms with Crippen LogP contribution in [0, 0.1) is 20.8 Å². The largest absolute Gasteiger partial charge is 0.496 e. The third kappa shape index (κ3) is 2.10. The van der Waals surface area contributed by atoms with E-state index in [9.17, 15) is 9.90 Å². The molecule has 0 saturated carbocycles. The van der Waals surface area contributed by atoms with Gasteiger partial charge in [0.15, 0.2) is 0 Å². The highest BCUT2D eigenvalue weighted by Gasteiger charge is 2.23. The van der Waals surface area contributed by atoms with E-state index in [1.807, 2.05) is 20.8 Å². The molecule has 6 heteroatoms. The first-order valence-electron chi connectivity index (χ1n) is 6.00. The molecule has 1 aromatic carbocycles. The minimum absolute atomic E-state index is 0.126. The van der Waals surface area contributed by atoms with Crippen LogP contribution in [0.1, 0.15) is 27.0 Å². The molecule has 0 atom stereocenters. The smallest absolute Gasteiger partial charge is 0.339 e. The number of hydrogen-bond donors (Lipinski definition) is 2. The van der Waals surface area contributed by atoms with Gasteiger partial charge in [0.25, 0.3) is 0 Å². The second kappa shape index (κ2) is 5.28. The minimum Gasteiger partial charge on any atom is -0.496 e. The van der Waals surface area contributed by atoms with Crippen LogP contribution in [0.4, 0.5) is 0 Å². The lowest BCUT2D eigenvalue weighted by molar-refractivity contribution is 0.0698. The number of hydrogen-bond acceptors (Lipinski definition) is 3. The number of carbonyl (C=O) groups is 1. The number of aromatic carboxylic acids is 1. The van der Waals surface area contributed by atoms with Gasteiger partial charge in [0.05, 0.1) is 19.0 Å². The monoisotopic (exact) mass is 338 g/mol. The molecular weight excluding hydrogens is 324 g/mol. The molecule has 106 valence electrons. The first-order chi connectivity index (χ1) is 9.40. The number of nitrogens with zero attached hydrogens (tertiary/aromatic N) is 1. The molecular formula is C14H15BrN2O3. The Kier molecular flexibility index (Phi) is 3.85. The molecule has 1 heterocycles. The summed E-state index contributed by atoms with van der Waals surface area (Å²) >= 11 is 3.55. The van der Waals surface area contributed by atoms with E-state index in [0.717, 1.165) is 26.7 Å². The van der Waals surface area contributed by atoms with Crippen LogP contribution in [0.25, 0.3) is 11.3 Å². The number of aromatic nitrogens is 2. The van der Waals surface area contributed by atoms with E-state index in [2.05, 4.69) is 26.1 Å². The third-order valence-electron chi connectivity index (χ3n) is 3.49. The fraction of sp³-hybridized carbons (Fsp3) is 0.286. The van der Waals surface area contributed by atoms with Crippen LogP contribution in [-0.2, 0) is 0 Å². The van der Waals surface area contributed by atoms with Crippen molar-refractivity contribution in [1.82, 2.24) is 10.2 Å². The number of benzene rings is 1. The summed E-state index contributed by atoms with van der Waals surface area (Å²) in [7, 11) is 1.58. The standard InChI is InChI=1S/C14H15BrN2O3/c1-6-7(2)13(20-4)10(8(3)11(6)15)12-9(14(18)19)5-16-17-12/h5H,1-4H3,(H,16,17)(H,18,19). The van der Waals surface area contributed by atoms with Crippen LogP contribution in [-0.4, -0.2) is 28.4 Å². The number of halogens is 1. The van der Waals surface area contributed by atoms with Crippen LogP contribution in [0.5, 0.6) is 5.75 Å². The van der Waals surface area contributed by atoms with Crippen molar-refractivity contribution >= 4 is 21.9 Å². The molecule has 0 bridgehead atoms. The normalized spacial score (nSPS) is 10.7. The molecule has 0 spiro atoms. The Balaban J connectivity index is 2.86. The molecule has 0 amide bonds. The van der Waals surface area contributed by atoms with Crippen molar-refractivity contribution in [3.63, 3.8) is 0 Å². The lowest BCUT2D eigenvalue weighted by Crippen LogP contribution is -2.03. The zero-order chi connectivity index (χ0) is 15.0. The molecule has 1 aromatic heterocycles. The maximum Gasteiger partial charge on any atom is 0.339 e. The summed E-state index contributed by atoms with van der Waals surface area (Å²) in [5, 5.41) is 15.9. The van der Waals surface area contributed by atoms with E-state index >= 15 is 0 Å². The Hall–Kier alpha value is -1.82. The van der Waals surface area contributed by atoms with Crippen LogP contribution in [0.15, 0.2) is 10.7 Å². The van der Waals surface area contributed by atoms with Gasteiger partial charge in [0.1, 0.15) is 11.3 Å². The SMILES string of the molecule is COc1c(C)c(C)c(Br)c(C)c1-c1[nH]ncc1C(=O)O. The topological polar surface area (TPSA) is 75.2 Å². The molecule has 2 aromatic rings. The number of nitrogens with one attached hydrogen (secondary N) is 1. The zero-order valence-corrected chi connectivity index (χ0v) is 13.3. The summed E-state index contributed by atoms with van der Waals surface area (Å²) in [5.74, 6) is -0.362. The summed E-state index contributed by atoms with van der Waals surface area (Å²) in [6, 6.07) is 0. The van der Waals surface area contributed by atoms with Crippen molar-refractivity contribution < 1.29 is 14.6 Å². The Labute approximate surface area is 125 Å². The van der Waals surface area contributed by atoms with Crippen molar-refractivity contribution in [1.29, 1.82) is 0 Å². The van der Waals surface area contributed by atoms with Crippen molar-refractivity contribution in [2.75, 3.05) is 7.11 Å². The van der Waals surface area contributed by atoms with E-state index in [4.69, 9.17) is 4.74 Å². The summed E-state index contributed by atoms with van der Waals surface area (Å²) in [6.45, 7) is 5.85. The molecule has 2 rings (SSSR count). The van der Waals surface area contributed by atoms with Gasteiger partial charge in [-0.2, -0.15) is 5.10 Å². The Morgan fingerprint density at radius 1 is 1.30 bits per heavy atom. The van der Waals surface area contributed by atoms with E-state index in [0.29, 0.717) is 11.4 Å². The first-order valence-corrected chi connectivity index (χ1v) is 6.79. The summed E-state index contributed by atoms with van der Waals surface area (Å²) < 4.78 is 6.43. The number of H-pyrrole nitrogens is 1. The predicted octanol–water partition coefficient (Wildman–Crippen LogP) is 3.47. The van der Waals surface area contributed by atoms with Gasteiger partial charge in [-0.25, -0.2) is 4.79 Å². The van der Waals surface area contributed by atoms with E-state index in [-0.39, 0.29) is 5.56 Å². The molecule has 0 aliphatic heterocycles. The Bertz CT molecular complexity index is 692. The summed E-state index contributed by atoms with van der Waals surface area (Å²) in [4.78, 5) is 11.3. The summed E-state index contributed by atoms with van der Waals surface area (Å²) in [5.41, 5.74) is 4.25. The van der Waals surface area contributed by atoms with Gasteiger partial charge in [-0.1, -0.05) is 15.9 Å². The van der Waals surface area contributed by atoms with Gasteiger partial charge in [-0.3, -0.25) is 5.10 Å². The number of rotatable bonds is 3. The highest BCUT2D eigenvalue weighted by molar-refractivity contribution is 9.10. The van der Waals surface area contributed by atoms with E-state index in [1.165, 1.54) is 6.20 Å². The lowest BCUT2D eigenvalue weighted by atomic mass is 9.95. The third-order valence-corrected chi connectivity index (χ3v) is 4.68. The van der Waals surface area contributed by atoms with Gasteiger partial charge in [-0.15, -0.1) is 0 Å². The van der Waals surface area contributed by atoms with E-state index in [1.54, 1.807) is 7.11 Å². The molecule has 0 radical (unpaired) electrons. The highest BCUT2D eigenvalue weighted by Crippen LogP contribution is 2.42. The first kappa shape index (κ1) is 14.6. The maximum absolute atomic E-state index is 11.3. The zero-order valence-electron chi connectivity index (χ0n) is 11.7. The fourth-order valence-corrected chi connectivity index (χ4v) is 2.77. The van der Waals surface area contributed by atoms with E-state index < -0.39 is 5.97 Å². The van der Waals surface area contributed by atoms with Gasteiger partial charge < -0.3 is 9.84 Å². The number of ether oxygens (including phenoxy) is 1. The van der Waals surface area contributed by atoms with Gasteiger partial charge in [0, 0.05) is 10.0 Å². The van der Waals surface area contributed by atoms with Crippen LogP contribution in [0.3, 0.4) is 0 Å². The maximum atomic E-state index is 11.3. The van der Waals surface area contributed by atoms with Gasteiger partial charge in [-0.05, 0) is 37.5 Å². The summed E-state index contributed by atoms with van der Waals surface area (Å²) in [6.07, 6.45) is 1.31. The average Bonchev–Trinajstić information content (AvgIpc) is 2.89. The Morgan fingerprint density at radius 2 is 1.95 bits per heavy atom. The molecule has 0 aliphatic carbocycles. The van der Waals surface area contributed by atoms with Crippen molar-refractivity contribution in [2.24, 2.45) is 0 Å². The van der Waals surface area contributed by atoms with Gasteiger partial charge in [0.2, 0.25) is 0 Å². The molecule has 0 aliphatic rings. The molecule has 0 unspecified atom stereocenters. The molecule has 0 fully saturated rings. The Morgan fingerprint density at radius 3 is 2.50 bits per heavy atom. The number of aromatic amines is 1. The molecule has 0 saturated heterocycles.